The third kappa shape index (κ3) is 5.81. The van der Waals surface area contributed by atoms with Crippen molar-refractivity contribution in [3.8, 4) is 5.75 Å². The summed E-state index contributed by atoms with van der Waals surface area (Å²) >= 11 is 13.8. The smallest absolute Gasteiger partial charge is 0.259 e. The summed E-state index contributed by atoms with van der Waals surface area (Å²) in [7, 11) is 0. The maximum Gasteiger partial charge on any atom is 0.259 e. The Labute approximate surface area is 224 Å². The summed E-state index contributed by atoms with van der Waals surface area (Å²) in [5.74, 6) is 0.630. The van der Waals surface area contributed by atoms with Gasteiger partial charge in [0, 0.05) is 32.4 Å². The van der Waals surface area contributed by atoms with E-state index in [0.29, 0.717) is 22.2 Å². The second kappa shape index (κ2) is 11.3. The minimum atomic E-state index is -0.0997. The molecule has 182 valence electrons. The molecule has 36 heavy (non-hydrogen) atoms. The van der Waals surface area contributed by atoms with Gasteiger partial charge in [0.2, 0.25) is 0 Å². The molecule has 1 aliphatic carbocycles. The van der Waals surface area contributed by atoms with Crippen LogP contribution in [-0.2, 0) is 19.4 Å². The summed E-state index contributed by atoms with van der Waals surface area (Å²) in [6, 6.07) is 22.6. The van der Waals surface area contributed by atoms with E-state index in [1.807, 2.05) is 60.7 Å². The highest BCUT2D eigenvalue weighted by Gasteiger charge is 2.25. The van der Waals surface area contributed by atoms with E-state index in [9.17, 15) is 4.79 Å². The van der Waals surface area contributed by atoms with E-state index in [2.05, 4.69) is 5.32 Å². The molecule has 4 aromatic rings. The van der Waals surface area contributed by atoms with Crippen molar-refractivity contribution in [2.24, 2.45) is 4.99 Å². The van der Waals surface area contributed by atoms with E-state index in [0.717, 1.165) is 58.8 Å². The molecule has 0 bridgehead atoms. The molecule has 1 N–H and O–H groups in total. The average Bonchev–Trinajstić information content (AvgIpc) is 3.27. The number of carbonyl (C=O) groups excluding carboxylic acids is 1. The summed E-state index contributed by atoms with van der Waals surface area (Å²) in [5.41, 5.74) is 4.43. The van der Waals surface area contributed by atoms with Crippen LogP contribution in [0, 0.1) is 0 Å². The zero-order valence-corrected chi connectivity index (χ0v) is 21.8. The predicted molar refractivity (Wildman–Crippen MR) is 150 cm³/mol. The number of amides is 1. The largest absolute Gasteiger partial charge is 0.489 e. The molecule has 1 amide bonds. The van der Waals surface area contributed by atoms with Gasteiger partial charge in [-0.25, -0.2) is 4.99 Å². The fourth-order valence-electron chi connectivity index (χ4n) is 4.17. The molecule has 4 nitrogen and oxygen atoms in total. The van der Waals surface area contributed by atoms with Gasteiger partial charge >= 0.3 is 0 Å². The Morgan fingerprint density at radius 1 is 1.00 bits per heavy atom. The zero-order chi connectivity index (χ0) is 24.9. The predicted octanol–water partition coefficient (Wildman–Crippen LogP) is 8.52. The Balaban J connectivity index is 1.31. The Hall–Kier alpha value is -3.12. The van der Waals surface area contributed by atoms with Gasteiger partial charge in [0.15, 0.2) is 0 Å². The van der Waals surface area contributed by atoms with Gasteiger partial charge < -0.3 is 10.1 Å². The monoisotopic (exact) mass is 534 g/mol. The van der Waals surface area contributed by atoms with Gasteiger partial charge in [0.05, 0.1) is 5.56 Å². The van der Waals surface area contributed by atoms with Crippen molar-refractivity contribution < 1.29 is 9.53 Å². The van der Waals surface area contributed by atoms with E-state index in [4.69, 9.17) is 32.9 Å². The van der Waals surface area contributed by atoms with Crippen molar-refractivity contribution in [1.82, 2.24) is 0 Å². The fourth-order valence-corrected chi connectivity index (χ4v) is 5.87. The molecule has 0 unspecified atom stereocenters. The second-order valence-electron chi connectivity index (χ2n) is 8.56. The molecule has 1 heterocycles. The van der Waals surface area contributed by atoms with E-state index in [-0.39, 0.29) is 5.91 Å². The Morgan fingerprint density at radius 2 is 1.78 bits per heavy atom. The number of halogens is 2. The van der Waals surface area contributed by atoms with Crippen LogP contribution in [0.2, 0.25) is 10.0 Å². The summed E-state index contributed by atoms with van der Waals surface area (Å²) in [4.78, 5) is 19.3. The molecule has 1 aliphatic rings. The van der Waals surface area contributed by atoms with E-state index in [1.165, 1.54) is 4.88 Å². The number of hydrogen-bond acceptors (Lipinski definition) is 4. The van der Waals surface area contributed by atoms with Gasteiger partial charge in [-0.1, -0.05) is 47.5 Å². The van der Waals surface area contributed by atoms with Crippen LogP contribution in [0.3, 0.4) is 0 Å². The molecule has 0 saturated carbocycles. The molecule has 0 atom stereocenters. The van der Waals surface area contributed by atoms with Crippen molar-refractivity contribution >= 4 is 57.3 Å². The summed E-state index contributed by atoms with van der Waals surface area (Å²) in [6.07, 6.45) is 5.98. The number of nitrogens with zero attached hydrogens (tertiary/aromatic N) is 1. The molecular weight excluding hydrogens is 511 g/mol. The molecule has 3 aromatic carbocycles. The van der Waals surface area contributed by atoms with Crippen LogP contribution >= 0.6 is 34.5 Å². The molecule has 5 rings (SSSR count). The van der Waals surface area contributed by atoms with E-state index >= 15 is 0 Å². The van der Waals surface area contributed by atoms with Crippen molar-refractivity contribution in [2.75, 3.05) is 5.32 Å². The molecule has 0 saturated heterocycles. The number of aryl methyl sites for hydroxylation is 1. The van der Waals surface area contributed by atoms with Crippen molar-refractivity contribution in [2.45, 2.75) is 32.3 Å². The normalized spacial score (nSPS) is 12.9. The van der Waals surface area contributed by atoms with Crippen molar-refractivity contribution in [1.29, 1.82) is 0 Å². The number of anilines is 1. The first kappa shape index (κ1) is 24.6. The lowest BCUT2D eigenvalue weighted by Gasteiger charge is -2.12. The Kier molecular flexibility index (Phi) is 7.71. The number of fused-ring (bicyclic) bond motifs is 1. The van der Waals surface area contributed by atoms with Crippen LogP contribution in [0.1, 0.15) is 44.8 Å². The summed E-state index contributed by atoms with van der Waals surface area (Å²) in [5, 5.41) is 4.97. The number of nitrogens with one attached hydrogen (secondary N) is 1. The number of rotatable bonds is 7. The van der Waals surface area contributed by atoms with Gasteiger partial charge in [-0.3, -0.25) is 4.79 Å². The molecule has 0 radical (unpaired) electrons. The highest BCUT2D eigenvalue weighted by Crippen LogP contribution is 2.40. The molecule has 0 aliphatic heterocycles. The van der Waals surface area contributed by atoms with Gasteiger partial charge in [-0.2, -0.15) is 0 Å². The Morgan fingerprint density at radius 3 is 2.56 bits per heavy atom. The van der Waals surface area contributed by atoms with Crippen LogP contribution in [-0.4, -0.2) is 12.1 Å². The SMILES string of the molecule is O=C(Nc1ccccc1)c1c(N=Cc2ccc(OCc3ccc(Cl)cc3Cl)cc2)sc2c1CCCC2. The summed E-state index contributed by atoms with van der Waals surface area (Å²) < 4.78 is 5.87. The lowest BCUT2D eigenvalue weighted by molar-refractivity contribution is 0.102. The third-order valence-electron chi connectivity index (χ3n) is 6.03. The Bertz CT molecular complexity index is 1400. The molecular formula is C29H24Cl2N2O2S. The molecule has 7 heteroatoms. The van der Waals surface area contributed by atoms with Gasteiger partial charge in [-0.15, -0.1) is 11.3 Å². The fraction of sp³-hybridized carbons (Fsp3) is 0.172. The third-order valence-corrected chi connectivity index (χ3v) is 7.82. The topological polar surface area (TPSA) is 50.7 Å². The van der Waals surface area contributed by atoms with E-state index < -0.39 is 0 Å². The second-order valence-corrected chi connectivity index (χ2v) is 10.5. The first-order valence-electron chi connectivity index (χ1n) is 11.8. The highest BCUT2D eigenvalue weighted by molar-refractivity contribution is 7.16. The van der Waals surface area contributed by atoms with Crippen LogP contribution in [0.5, 0.6) is 5.75 Å². The average molecular weight is 535 g/mol. The molecule has 0 spiro atoms. The van der Waals surface area contributed by atoms with Crippen LogP contribution < -0.4 is 10.1 Å². The van der Waals surface area contributed by atoms with Crippen LogP contribution in [0.25, 0.3) is 0 Å². The quantitative estimate of drug-likeness (QED) is 0.241. The zero-order valence-electron chi connectivity index (χ0n) is 19.5. The van der Waals surface area contributed by atoms with E-state index in [1.54, 1.807) is 29.7 Å². The van der Waals surface area contributed by atoms with Gasteiger partial charge in [-0.05, 0) is 85.3 Å². The first-order chi connectivity index (χ1) is 17.6. The maximum atomic E-state index is 13.2. The minimum absolute atomic E-state index is 0.0997. The number of para-hydroxylation sites is 1. The van der Waals surface area contributed by atoms with Crippen LogP contribution in [0.4, 0.5) is 10.7 Å². The summed E-state index contributed by atoms with van der Waals surface area (Å²) in [6.45, 7) is 0.351. The van der Waals surface area contributed by atoms with Gasteiger partial charge in [0.25, 0.3) is 5.91 Å². The minimum Gasteiger partial charge on any atom is -0.489 e. The standard InChI is InChI=1S/C29H24Cl2N2O2S/c30-21-13-12-20(25(31)16-21)18-35-23-14-10-19(11-15-23)17-32-29-27(24-8-4-5-9-26(24)36-29)28(34)33-22-6-2-1-3-7-22/h1-3,6-7,10-17H,4-5,8-9,18H2,(H,33,34). The van der Waals surface area contributed by atoms with Crippen molar-refractivity contribution in [3.05, 3.63) is 110 Å². The van der Waals surface area contributed by atoms with Gasteiger partial charge in [0.1, 0.15) is 17.4 Å². The molecule has 0 fully saturated rings. The highest BCUT2D eigenvalue weighted by atomic mass is 35.5. The molecule has 1 aromatic heterocycles. The lowest BCUT2D eigenvalue weighted by Crippen LogP contribution is -2.14. The number of aliphatic imine (C=N–C) groups is 1. The first-order valence-corrected chi connectivity index (χ1v) is 13.4. The van der Waals surface area contributed by atoms with Crippen molar-refractivity contribution in [3.63, 3.8) is 0 Å². The number of carbonyl (C=O) groups is 1. The lowest BCUT2D eigenvalue weighted by atomic mass is 9.95. The van der Waals surface area contributed by atoms with Crippen LogP contribution in [0.15, 0.2) is 77.8 Å². The number of benzene rings is 3. The number of ether oxygens (including phenoxy) is 1. The number of hydrogen-bond donors (Lipinski definition) is 1. The number of thiophene rings is 1. The maximum absolute atomic E-state index is 13.2.